The fourth-order valence-electron chi connectivity index (χ4n) is 2.26. The number of hydrogen-bond donors (Lipinski definition) is 1. The van der Waals surface area contributed by atoms with Crippen LogP contribution in [-0.2, 0) is 11.3 Å². The molecule has 0 radical (unpaired) electrons. The van der Waals surface area contributed by atoms with Crippen LogP contribution in [0.25, 0.3) is 0 Å². The monoisotopic (exact) mass is 238 g/mol. The minimum Gasteiger partial charge on any atom is -0.373 e. The summed E-state index contributed by atoms with van der Waals surface area (Å²) in [6.07, 6.45) is 6.88. The first-order valence-electron chi connectivity index (χ1n) is 6.50. The molecule has 3 unspecified atom stereocenters. The van der Waals surface area contributed by atoms with Crippen LogP contribution in [-0.4, -0.2) is 27.2 Å². The van der Waals surface area contributed by atoms with Crippen molar-refractivity contribution in [2.24, 2.45) is 5.73 Å². The Morgan fingerprint density at radius 2 is 2.41 bits per heavy atom. The van der Waals surface area contributed by atoms with Crippen LogP contribution in [0.2, 0.25) is 0 Å². The summed E-state index contributed by atoms with van der Waals surface area (Å²) in [6, 6.07) is 0.0113. The minimum absolute atomic E-state index is 0.0113. The van der Waals surface area contributed by atoms with Gasteiger partial charge in [0.1, 0.15) is 0 Å². The zero-order chi connectivity index (χ0) is 12.3. The quantitative estimate of drug-likeness (QED) is 0.847. The molecule has 1 fully saturated rings. The van der Waals surface area contributed by atoms with Gasteiger partial charge >= 0.3 is 0 Å². The van der Waals surface area contributed by atoms with Crippen LogP contribution in [0.15, 0.2) is 6.20 Å². The Morgan fingerprint density at radius 3 is 3.06 bits per heavy atom. The molecular weight excluding hydrogens is 216 g/mol. The molecule has 96 valence electrons. The van der Waals surface area contributed by atoms with Gasteiger partial charge in [-0.2, -0.15) is 0 Å². The molecule has 0 amide bonds. The van der Waals surface area contributed by atoms with Crippen LogP contribution in [0.3, 0.4) is 0 Å². The van der Waals surface area contributed by atoms with Crippen molar-refractivity contribution in [2.75, 3.05) is 0 Å². The Balaban J connectivity index is 1.89. The average Bonchev–Trinajstić information content (AvgIpc) is 2.89. The van der Waals surface area contributed by atoms with E-state index in [1.165, 1.54) is 0 Å². The number of aromatic nitrogens is 3. The van der Waals surface area contributed by atoms with Crippen molar-refractivity contribution >= 4 is 0 Å². The molecule has 0 bridgehead atoms. The number of nitrogens with zero attached hydrogens (tertiary/aromatic N) is 3. The molecule has 17 heavy (non-hydrogen) atoms. The molecule has 1 saturated heterocycles. The lowest BCUT2D eigenvalue weighted by Gasteiger charge is -2.10. The Kier molecular flexibility index (Phi) is 4.12. The average molecular weight is 238 g/mol. The van der Waals surface area contributed by atoms with Crippen LogP contribution < -0.4 is 5.73 Å². The number of nitrogens with two attached hydrogens (primary N) is 1. The van der Waals surface area contributed by atoms with E-state index >= 15 is 0 Å². The van der Waals surface area contributed by atoms with E-state index in [9.17, 15) is 0 Å². The zero-order valence-electron chi connectivity index (χ0n) is 10.7. The first-order chi connectivity index (χ1) is 8.19. The summed E-state index contributed by atoms with van der Waals surface area (Å²) in [6.45, 7) is 5.03. The van der Waals surface area contributed by atoms with Crippen molar-refractivity contribution in [3.63, 3.8) is 0 Å². The summed E-state index contributed by atoms with van der Waals surface area (Å²) in [5.74, 6) is 0. The molecule has 1 aromatic rings. The van der Waals surface area contributed by atoms with E-state index in [0.29, 0.717) is 6.10 Å². The van der Waals surface area contributed by atoms with E-state index in [0.717, 1.165) is 37.9 Å². The molecule has 0 aliphatic carbocycles. The molecule has 5 heteroatoms. The molecule has 2 heterocycles. The second-order valence-electron chi connectivity index (χ2n) is 4.91. The standard InChI is InChI=1S/C12H22N4O/c1-3-4-11(13)12-8-16(15-14-12)7-10-6-5-9(2)17-10/h8-11H,3-7,13H2,1-2H3. The lowest BCUT2D eigenvalue weighted by atomic mass is 10.1. The Bertz CT molecular complexity index is 352. The van der Waals surface area contributed by atoms with Crippen molar-refractivity contribution in [1.82, 2.24) is 15.0 Å². The molecule has 0 aromatic carbocycles. The van der Waals surface area contributed by atoms with Crippen molar-refractivity contribution in [3.8, 4) is 0 Å². The molecule has 0 spiro atoms. The topological polar surface area (TPSA) is 66.0 Å². The summed E-state index contributed by atoms with van der Waals surface area (Å²) in [5, 5.41) is 8.24. The van der Waals surface area contributed by atoms with Crippen LogP contribution >= 0.6 is 0 Å². The smallest absolute Gasteiger partial charge is 0.0994 e. The largest absolute Gasteiger partial charge is 0.373 e. The van der Waals surface area contributed by atoms with Gasteiger partial charge in [-0.15, -0.1) is 5.10 Å². The molecule has 3 atom stereocenters. The van der Waals surface area contributed by atoms with E-state index in [4.69, 9.17) is 10.5 Å². The van der Waals surface area contributed by atoms with E-state index in [2.05, 4.69) is 24.2 Å². The zero-order valence-corrected chi connectivity index (χ0v) is 10.7. The van der Waals surface area contributed by atoms with Gasteiger partial charge in [0.15, 0.2) is 0 Å². The van der Waals surface area contributed by atoms with Crippen molar-refractivity contribution in [1.29, 1.82) is 0 Å². The predicted molar refractivity (Wildman–Crippen MR) is 65.4 cm³/mol. The highest BCUT2D eigenvalue weighted by molar-refractivity contribution is 4.99. The summed E-state index contributed by atoms with van der Waals surface area (Å²) in [4.78, 5) is 0. The highest BCUT2D eigenvalue weighted by atomic mass is 16.5. The Hall–Kier alpha value is -0.940. The third-order valence-corrected chi connectivity index (χ3v) is 3.25. The summed E-state index contributed by atoms with van der Waals surface area (Å²) in [5.41, 5.74) is 6.89. The molecule has 2 rings (SSSR count). The van der Waals surface area contributed by atoms with Gasteiger partial charge in [-0.3, -0.25) is 0 Å². The van der Waals surface area contributed by atoms with Crippen molar-refractivity contribution in [2.45, 2.75) is 64.3 Å². The molecule has 2 N–H and O–H groups in total. The van der Waals surface area contributed by atoms with Gasteiger partial charge < -0.3 is 10.5 Å². The molecule has 1 aliphatic heterocycles. The van der Waals surface area contributed by atoms with Gasteiger partial charge in [0, 0.05) is 0 Å². The van der Waals surface area contributed by atoms with Gasteiger partial charge in [0.25, 0.3) is 0 Å². The van der Waals surface area contributed by atoms with Crippen LogP contribution in [0.1, 0.15) is 51.3 Å². The molecule has 5 nitrogen and oxygen atoms in total. The van der Waals surface area contributed by atoms with E-state index in [-0.39, 0.29) is 12.1 Å². The maximum atomic E-state index is 6.00. The third-order valence-electron chi connectivity index (χ3n) is 3.25. The number of hydrogen-bond acceptors (Lipinski definition) is 4. The Labute approximate surface area is 102 Å². The third kappa shape index (κ3) is 3.26. The lowest BCUT2D eigenvalue weighted by Crippen LogP contribution is -2.17. The first-order valence-corrected chi connectivity index (χ1v) is 6.50. The van der Waals surface area contributed by atoms with Crippen LogP contribution in [0.5, 0.6) is 0 Å². The maximum absolute atomic E-state index is 6.00. The van der Waals surface area contributed by atoms with Crippen molar-refractivity contribution < 1.29 is 4.74 Å². The SMILES string of the molecule is CCCC(N)c1cn(CC2CCC(C)O2)nn1. The number of ether oxygens (including phenoxy) is 1. The van der Waals surface area contributed by atoms with Gasteiger partial charge in [0.05, 0.1) is 36.7 Å². The van der Waals surface area contributed by atoms with E-state index < -0.39 is 0 Å². The fourth-order valence-corrected chi connectivity index (χ4v) is 2.26. The summed E-state index contributed by atoms with van der Waals surface area (Å²) in [7, 11) is 0. The maximum Gasteiger partial charge on any atom is 0.0994 e. The minimum atomic E-state index is 0.0113. The highest BCUT2D eigenvalue weighted by Gasteiger charge is 2.22. The molecule has 1 aromatic heterocycles. The molecular formula is C12H22N4O. The summed E-state index contributed by atoms with van der Waals surface area (Å²) >= 11 is 0. The second kappa shape index (κ2) is 5.60. The van der Waals surface area contributed by atoms with Gasteiger partial charge in [-0.25, -0.2) is 4.68 Å². The second-order valence-corrected chi connectivity index (χ2v) is 4.91. The fraction of sp³-hybridized carbons (Fsp3) is 0.833. The number of rotatable bonds is 5. The van der Waals surface area contributed by atoms with Gasteiger partial charge in [-0.1, -0.05) is 18.6 Å². The predicted octanol–water partition coefficient (Wildman–Crippen LogP) is 1.65. The molecule has 1 aliphatic rings. The van der Waals surface area contributed by atoms with Crippen molar-refractivity contribution in [3.05, 3.63) is 11.9 Å². The first kappa shape index (κ1) is 12.5. The van der Waals surface area contributed by atoms with Crippen LogP contribution in [0.4, 0.5) is 0 Å². The van der Waals surface area contributed by atoms with Crippen LogP contribution in [0, 0.1) is 0 Å². The van der Waals surface area contributed by atoms with E-state index in [1.54, 1.807) is 0 Å². The lowest BCUT2D eigenvalue weighted by molar-refractivity contribution is 0.0434. The Morgan fingerprint density at radius 1 is 1.59 bits per heavy atom. The van der Waals surface area contributed by atoms with E-state index in [1.807, 2.05) is 10.9 Å². The van der Waals surface area contributed by atoms with Gasteiger partial charge in [-0.05, 0) is 26.2 Å². The molecule has 0 saturated carbocycles. The summed E-state index contributed by atoms with van der Waals surface area (Å²) < 4.78 is 7.62. The van der Waals surface area contributed by atoms with Gasteiger partial charge in [0.2, 0.25) is 0 Å². The normalized spacial score (nSPS) is 26.3. The highest BCUT2D eigenvalue weighted by Crippen LogP contribution is 2.20.